The van der Waals surface area contributed by atoms with Crippen molar-refractivity contribution in [2.75, 3.05) is 0 Å². The maximum Gasteiger partial charge on any atom is 0.231 e. The second-order valence-electron chi connectivity index (χ2n) is 7.51. The lowest BCUT2D eigenvalue weighted by Gasteiger charge is -2.28. The van der Waals surface area contributed by atoms with Crippen molar-refractivity contribution in [2.45, 2.75) is 45.1 Å². The Kier molecular flexibility index (Phi) is 4.06. The normalized spacial score (nSPS) is 27.8. The first-order chi connectivity index (χ1) is 12.0. The van der Waals surface area contributed by atoms with E-state index in [0.29, 0.717) is 29.1 Å². The van der Waals surface area contributed by atoms with Crippen LogP contribution < -0.4 is 5.32 Å². The maximum absolute atomic E-state index is 13.1. The molecule has 1 aromatic carbocycles. The van der Waals surface area contributed by atoms with Gasteiger partial charge in [0, 0.05) is 11.6 Å². The number of nitrogens with one attached hydrogen (secondary N) is 1. The molecule has 0 saturated heterocycles. The first kappa shape index (κ1) is 16.2. The fourth-order valence-corrected chi connectivity index (χ4v) is 4.49. The maximum atomic E-state index is 13.1. The van der Waals surface area contributed by atoms with Crippen LogP contribution in [-0.2, 0) is 4.79 Å². The van der Waals surface area contributed by atoms with Gasteiger partial charge in [-0.25, -0.2) is 4.39 Å². The summed E-state index contributed by atoms with van der Waals surface area (Å²) in [5.41, 5.74) is 0.711. The minimum atomic E-state index is -0.300. The lowest BCUT2D eigenvalue weighted by atomic mass is 9.78. The molecule has 2 aliphatic carbocycles. The van der Waals surface area contributed by atoms with Crippen LogP contribution in [0.1, 0.15) is 44.9 Å². The third-order valence-electron chi connectivity index (χ3n) is 5.48. The van der Waals surface area contributed by atoms with Gasteiger partial charge < -0.3 is 9.84 Å². The van der Waals surface area contributed by atoms with Crippen LogP contribution in [0.15, 0.2) is 28.8 Å². The van der Waals surface area contributed by atoms with E-state index in [1.807, 2.05) is 13.8 Å². The first-order valence-corrected chi connectivity index (χ1v) is 8.93. The molecular formula is C19H22FN3O2. The molecule has 1 aromatic heterocycles. The molecule has 0 radical (unpaired) electrons. The van der Waals surface area contributed by atoms with Gasteiger partial charge in [-0.15, -0.1) is 0 Å². The SMILES string of the molecule is CC(C)NC(=O)[C@H]1[C@H]2CC[C@H](C2)[C@@H]1c1nc(-c2ccc(F)cc2)no1. The molecule has 4 atom stereocenters. The number of aromatic nitrogens is 2. The van der Waals surface area contributed by atoms with Crippen molar-refractivity contribution >= 4 is 5.91 Å². The van der Waals surface area contributed by atoms with Crippen molar-refractivity contribution < 1.29 is 13.7 Å². The summed E-state index contributed by atoms with van der Waals surface area (Å²) in [7, 11) is 0. The molecule has 132 valence electrons. The zero-order valence-electron chi connectivity index (χ0n) is 14.4. The van der Waals surface area contributed by atoms with Crippen molar-refractivity contribution in [2.24, 2.45) is 17.8 Å². The highest BCUT2D eigenvalue weighted by atomic mass is 19.1. The number of carbonyl (C=O) groups is 1. The van der Waals surface area contributed by atoms with Crippen LogP contribution in [-0.4, -0.2) is 22.1 Å². The molecule has 0 aliphatic heterocycles. The van der Waals surface area contributed by atoms with E-state index in [9.17, 15) is 9.18 Å². The fourth-order valence-electron chi connectivity index (χ4n) is 4.49. The third-order valence-corrected chi connectivity index (χ3v) is 5.48. The molecule has 1 N–H and O–H groups in total. The summed E-state index contributed by atoms with van der Waals surface area (Å²) in [4.78, 5) is 17.2. The van der Waals surface area contributed by atoms with E-state index in [-0.39, 0.29) is 29.6 Å². The second-order valence-corrected chi connectivity index (χ2v) is 7.51. The summed E-state index contributed by atoms with van der Waals surface area (Å²) in [5, 5.41) is 7.10. The molecule has 5 nitrogen and oxygen atoms in total. The minimum Gasteiger partial charge on any atom is -0.354 e. The lowest BCUT2D eigenvalue weighted by molar-refractivity contribution is -0.128. The Balaban J connectivity index is 1.61. The number of rotatable bonds is 4. The largest absolute Gasteiger partial charge is 0.354 e. The van der Waals surface area contributed by atoms with Crippen molar-refractivity contribution in [1.29, 1.82) is 0 Å². The van der Waals surface area contributed by atoms with Crippen LogP contribution in [0.3, 0.4) is 0 Å². The molecule has 0 unspecified atom stereocenters. The van der Waals surface area contributed by atoms with Gasteiger partial charge in [0.1, 0.15) is 5.82 Å². The Morgan fingerprint density at radius 2 is 1.96 bits per heavy atom. The number of hydrogen-bond acceptors (Lipinski definition) is 4. The average molecular weight is 343 g/mol. The Morgan fingerprint density at radius 3 is 2.68 bits per heavy atom. The second kappa shape index (κ2) is 6.24. The molecule has 2 bridgehead atoms. The smallest absolute Gasteiger partial charge is 0.231 e. The van der Waals surface area contributed by atoms with Crippen LogP contribution in [0, 0.1) is 23.6 Å². The summed E-state index contributed by atoms with van der Waals surface area (Å²) in [6.45, 7) is 3.94. The van der Waals surface area contributed by atoms with Crippen molar-refractivity contribution in [3.8, 4) is 11.4 Å². The number of hydrogen-bond donors (Lipinski definition) is 1. The molecule has 6 heteroatoms. The number of benzene rings is 1. The molecule has 2 aromatic rings. The zero-order valence-corrected chi connectivity index (χ0v) is 14.4. The van der Waals surface area contributed by atoms with E-state index in [2.05, 4.69) is 15.5 Å². The number of amides is 1. The highest BCUT2D eigenvalue weighted by Crippen LogP contribution is 2.56. The summed E-state index contributed by atoms with van der Waals surface area (Å²) in [6.07, 6.45) is 3.25. The van der Waals surface area contributed by atoms with Crippen molar-refractivity contribution in [3.05, 3.63) is 36.0 Å². The van der Waals surface area contributed by atoms with Gasteiger partial charge in [0.15, 0.2) is 0 Å². The van der Waals surface area contributed by atoms with Gasteiger partial charge in [0.05, 0.1) is 11.8 Å². The summed E-state index contributed by atoms with van der Waals surface area (Å²) in [6, 6.07) is 6.13. The predicted molar refractivity (Wildman–Crippen MR) is 90.0 cm³/mol. The molecular weight excluding hydrogens is 321 g/mol. The number of fused-ring (bicyclic) bond motifs is 2. The molecule has 2 fully saturated rings. The van der Waals surface area contributed by atoms with Gasteiger partial charge in [0.25, 0.3) is 0 Å². The highest BCUT2D eigenvalue weighted by molar-refractivity contribution is 5.81. The van der Waals surface area contributed by atoms with Gasteiger partial charge in [-0.05, 0) is 69.2 Å². The van der Waals surface area contributed by atoms with E-state index in [0.717, 1.165) is 19.3 Å². The summed E-state index contributed by atoms with van der Waals surface area (Å²) in [5.74, 6) is 1.49. The molecule has 25 heavy (non-hydrogen) atoms. The fraction of sp³-hybridized carbons (Fsp3) is 0.526. The standard InChI is InChI=1S/C19H22FN3O2/c1-10(2)21-18(24)15-12-3-4-13(9-12)16(15)19-22-17(23-25-19)11-5-7-14(20)8-6-11/h5-8,10,12-13,15-16H,3-4,9H2,1-2H3,(H,21,24)/t12-,13+,15-,16-/m0/s1. The quantitative estimate of drug-likeness (QED) is 0.922. The molecule has 4 rings (SSSR count). The van der Waals surface area contributed by atoms with Crippen LogP contribution in [0.25, 0.3) is 11.4 Å². The van der Waals surface area contributed by atoms with Crippen LogP contribution in [0.2, 0.25) is 0 Å². The van der Waals surface area contributed by atoms with Crippen molar-refractivity contribution in [1.82, 2.24) is 15.5 Å². The van der Waals surface area contributed by atoms with E-state index in [4.69, 9.17) is 4.52 Å². The number of carbonyl (C=O) groups excluding carboxylic acids is 1. The monoisotopic (exact) mass is 343 g/mol. The first-order valence-electron chi connectivity index (χ1n) is 8.93. The molecule has 1 heterocycles. The minimum absolute atomic E-state index is 0.0146. The molecule has 2 aliphatic rings. The third kappa shape index (κ3) is 2.94. The van der Waals surface area contributed by atoms with Gasteiger partial charge in [-0.1, -0.05) is 5.16 Å². The van der Waals surface area contributed by atoms with E-state index in [1.54, 1.807) is 12.1 Å². The Hall–Kier alpha value is -2.24. The van der Waals surface area contributed by atoms with E-state index in [1.165, 1.54) is 12.1 Å². The van der Waals surface area contributed by atoms with Gasteiger partial charge >= 0.3 is 0 Å². The van der Waals surface area contributed by atoms with Crippen LogP contribution in [0.5, 0.6) is 0 Å². The lowest BCUT2D eigenvalue weighted by Crippen LogP contribution is -2.40. The number of nitrogens with zero attached hydrogens (tertiary/aromatic N) is 2. The van der Waals surface area contributed by atoms with Crippen LogP contribution >= 0.6 is 0 Å². The zero-order chi connectivity index (χ0) is 17.6. The van der Waals surface area contributed by atoms with E-state index < -0.39 is 0 Å². The highest BCUT2D eigenvalue weighted by Gasteiger charge is 2.53. The molecule has 1 amide bonds. The van der Waals surface area contributed by atoms with E-state index >= 15 is 0 Å². The Morgan fingerprint density at radius 1 is 1.24 bits per heavy atom. The molecule has 0 spiro atoms. The number of halogens is 1. The predicted octanol–water partition coefficient (Wildman–Crippen LogP) is 3.53. The Bertz CT molecular complexity index is 771. The Labute approximate surface area is 146 Å². The topological polar surface area (TPSA) is 68.0 Å². The van der Waals surface area contributed by atoms with Crippen LogP contribution in [0.4, 0.5) is 4.39 Å². The molecule has 2 saturated carbocycles. The van der Waals surface area contributed by atoms with Gasteiger partial charge in [-0.2, -0.15) is 4.98 Å². The van der Waals surface area contributed by atoms with Gasteiger partial charge in [0.2, 0.25) is 17.6 Å². The van der Waals surface area contributed by atoms with Crippen molar-refractivity contribution in [3.63, 3.8) is 0 Å². The summed E-state index contributed by atoms with van der Waals surface area (Å²) < 4.78 is 18.6. The average Bonchev–Trinajstić information content (AvgIpc) is 3.29. The van der Waals surface area contributed by atoms with Gasteiger partial charge in [-0.3, -0.25) is 4.79 Å². The summed E-state index contributed by atoms with van der Waals surface area (Å²) >= 11 is 0.